The fraction of sp³-hybridized carbons (Fsp3) is 0.0968. The highest BCUT2D eigenvalue weighted by Crippen LogP contribution is 2.31. The predicted molar refractivity (Wildman–Crippen MR) is 149 cm³/mol. The van der Waals surface area contributed by atoms with Crippen LogP contribution in [0.25, 0.3) is 38.3 Å². The van der Waals surface area contributed by atoms with E-state index in [4.69, 9.17) is 4.74 Å². The van der Waals surface area contributed by atoms with E-state index < -0.39 is 0 Å². The smallest absolute Gasteiger partial charge is 0.262 e. The molecule has 0 aliphatic heterocycles. The Labute approximate surface area is 213 Å². The molecule has 1 amide bonds. The van der Waals surface area contributed by atoms with E-state index in [1.54, 1.807) is 49.7 Å². The Balaban J connectivity index is 1.45. The van der Waals surface area contributed by atoms with E-state index >= 15 is 0 Å². The van der Waals surface area contributed by atoms with E-state index in [0.29, 0.717) is 33.5 Å². The minimum Gasteiger partial charge on any atom is -0.497 e. The number of hydrogen-bond donors (Lipinski definition) is 1. The highest BCUT2D eigenvalue weighted by atomic mass is 16.5. The van der Waals surface area contributed by atoms with Crippen molar-refractivity contribution in [1.29, 1.82) is 0 Å². The normalized spacial score (nSPS) is 11.3. The molecule has 37 heavy (non-hydrogen) atoms. The number of para-hydroxylation sites is 1. The standard InChI is InChI=1S/C31H25N3O3/c1-3-33-28-11-7-6-9-24(28)26-18-20(12-17-29(26)33)32-30(35)27-19-34(21-13-15-22(37-2)16-14-21)31(36)25-10-5-4-8-23(25)27/h4-19H,3H2,1-2H3,(H,32,35). The number of amides is 1. The summed E-state index contributed by atoms with van der Waals surface area (Å²) in [7, 11) is 1.59. The van der Waals surface area contributed by atoms with Gasteiger partial charge in [-0.2, -0.15) is 0 Å². The second-order valence-electron chi connectivity index (χ2n) is 8.91. The summed E-state index contributed by atoms with van der Waals surface area (Å²) in [4.78, 5) is 26.9. The molecule has 6 aromatic rings. The number of benzene rings is 4. The molecular weight excluding hydrogens is 462 g/mol. The van der Waals surface area contributed by atoms with Crippen LogP contribution in [0, 0.1) is 0 Å². The van der Waals surface area contributed by atoms with E-state index in [2.05, 4.69) is 28.9 Å². The van der Waals surface area contributed by atoms with Gasteiger partial charge in [0.15, 0.2) is 0 Å². The van der Waals surface area contributed by atoms with Gasteiger partial charge >= 0.3 is 0 Å². The van der Waals surface area contributed by atoms with Crippen LogP contribution in [-0.2, 0) is 6.54 Å². The summed E-state index contributed by atoms with van der Waals surface area (Å²) >= 11 is 0. The molecule has 6 rings (SSSR count). The maximum absolute atomic E-state index is 13.6. The van der Waals surface area contributed by atoms with Crippen LogP contribution >= 0.6 is 0 Å². The largest absolute Gasteiger partial charge is 0.497 e. The van der Waals surface area contributed by atoms with Gasteiger partial charge in [-0.1, -0.05) is 36.4 Å². The number of anilines is 1. The molecule has 2 aromatic heterocycles. The third-order valence-corrected chi connectivity index (χ3v) is 6.87. The molecule has 0 atom stereocenters. The van der Waals surface area contributed by atoms with Crippen molar-refractivity contribution < 1.29 is 9.53 Å². The SMILES string of the molecule is CCn1c2ccccc2c2cc(NC(=O)c3cn(-c4ccc(OC)cc4)c(=O)c4ccccc34)ccc21. The van der Waals surface area contributed by atoms with Crippen LogP contribution in [0.5, 0.6) is 5.75 Å². The predicted octanol–water partition coefficient (Wildman–Crippen LogP) is 6.38. The van der Waals surface area contributed by atoms with Crippen LogP contribution in [0.1, 0.15) is 17.3 Å². The van der Waals surface area contributed by atoms with Gasteiger partial charge in [0.1, 0.15) is 5.75 Å². The van der Waals surface area contributed by atoms with Gasteiger partial charge < -0.3 is 14.6 Å². The van der Waals surface area contributed by atoms with Crippen molar-refractivity contribution in [3.8, 4) is 11.4 Å². The highest BCUT2D eigenvalue weighted by Gasteiger charge is 2.17. The minimum atomic E-state index is -0.281. The number of carbonyl (C=O) groups excluding carboxylic acids is 1. The zero-order valence-corrected chi connectivity index (χ0v) is 20.6. The second-order valence-corrected chi connectivity index (χ2v) is 8.91. The van der Waals surface area contributed by atoms with Crippen molar-refractivity contribution in [2.24, 2.45) is 0 Å². The fourth-order valence-corrected chi connectivity index (χ4v) is 5.08. The fourth-order valence-electron chi connectivity index (χ4n) is 5.08. The number of aromatic nitrogens is 2. The molecule has 6 nitrogen and oxygen atoms in total. The Morgan fingerprint density at radius 2 is 1.49 bits per heavy atom. The average molecular weight is 488 g/mol. The Morgan fingerprint density at radius 1 is 0.811 bits per heavy atom. The summed E-state index contributed by atoms with van der Waals surface area (Å²) in [6, 6.07) is 28.7. The van der Waals surface area contributed by atoms with Crippen molar-refractivity contribution >= 4 is 44.2 Å². The van der Waals surface area contributed by atoms with Crippen LogP contribution < -0.4 is 15.6 Å². The van der Waals surface area contributed by atoms with Gasteiger partial charge in [-0.05, 0) is 61.5 Å². The molecule has 0 fully saturated rings. The lowest BCUT2D eigenvalue weighted by molar-refractivity contribution is 0.102. The molecule has 4 aromatic carbocycles. The van der Waals surface area contributed by atoms with Crippen LogP contribution in [0.15, 0.2) is 102 Å². The Kier molecular flexibility index (Phi) is 5.49. The number of rotatable bonds is 5. The number of nitrogens with one attached hydrogen (secondary N) is 1. The minimum absolute atomic E-state index is 0.189. The first-order valence-electron chi connectivity index (χ1n) is 12.2. The van der Waals surface area contributed by atoms with Gasteiger partial charge in [-0.25, -0.2) is 0 Å². The summed E-state index contributed by atoms with van der Waals surface area (Å²) in [5, 5.41) is 6.39. The molecule has 0 radical (unpaired) electrons. The van der Waals surface area contributed by atoms with E-state index in [9.17, 15) is 9.59 Å². The van der Waals surface area contributed by atoms with Crippen molar-refractivity contribution in [2.45, 2.75) is 13.5 Å². The Hall–Kier alpha value is -4.84. The molecule has 6 heteroatoms. The topological polar surface area (TPSA) is 65.3 Å². The molecule has 1 N–H and O–H groups in total. The van der Waals surface area contributed by atoms with Crippen molar-refractivity contribution in [3.63, 3.8) is 0 Å². The average Bonchev–Trinajstić information content (AvgIpc) is 3.26. The molecule has 0 saturated carbocycles. The number of carbonyl (C=O) groups is 1. The van der Waals surface area contributed by atoms with Crippen molar-refractivity contribution in [1.82, 2.24) is 9.13 Å². The van der Waals surface area contributed by atoms with Gasteiger partial charge in [-0.15, -0.1) is 0 Å². The quantitative estimate of drug-likeness (QED) is 0.307. The molecule has 0 saturated heterocycles. The van der Waals surface area contributed by atoms with Crippen LogP contribution in [0.4, 0.5) is 5.69 Å². The number of methoxy groups -OCH3 is 1. The lowest BCUT2D eigenvalue weighted by atomic mass is 10.1. The zero-order chi connectivity index (χ0) is 25.5. The van der Waals surface area contributed by atoms with Gasteiger partial charge in [-0.3, -0.25) is 14.2 Å². The number of aryl methyl sites for hydroxylation is 1. The molecule has 0 aliphatic rings. The summed E-state index contributed by atoms with van der Waals surface area (Å²) < 4.78 is 9.03. The maximum atomic E-state index is 13.6. The second kappa shape index (κ2) is 8.99. The maximum Gasteiger partial charge on any atom is 0.262 e. The highest BCUT2D eigenvalue weighted by molar-refractivity contribution is 6.14. The summed E-state index contributed by atoms with van der Waals surface area (Å²) in [5.74, 6) is 0.410. The Bertz CT molecular complexity index is 1860. The first-order valence-corrected chi connectivity index (χ1v) is 12.2. The number of fused-ring (bicyclic) bond motifs is 4. The van der Waals surface area contributed by atoms with Gasteiger partial charge in [0.25, 0.3) is 11.5 Å². The monoisotopic (exact) mass is 487 g/mol. The molecule has 0 unspecified atom stereocenters. The number of hydrogen-bond acceptors (Lipinski definition) is 3. The number of ether oxygens (including phenoxy) is 1. The molecule has 0 aliphatic carbocycles. The van der Waals surface area contributed by atoms with Gasteiger partial charge in [0.05, 0.1) is 12.7 Å². The molecule has 0 spiro atoms. The molecular formula is C31H25N3O3. The van der Waals surface area contributed by atoms with Crippen LogP contribution in [-0.4, -0.2) is 22.2 Å². The third-order valence-electron chi connectivity index (χ3n) is 6.87. The zero-order valence-electron chi connectivity index (χ0n) is 20.6. The van der Waals surface area contributed by atoms with Crippen LogP contribution in [0.3, 0.4) is 0 Å². The summed E-state index contributed by atoms with van der Waals surface area (Å²) in [6.07, 6.45) is 1.61. The van der Waals surface area contributed by atoms with E-state index in [1.165, 1.54) is 10.1 Å². The van der Waals surface area contributed by atoms with E-state index in [-0.39, 0.29) is 11.5 Å². The number of pyridine rings is 1. The molecule has 182 valence electrons. The lowest BCUT2D eigenvalue weighted by Gasteiger charge is -2.13. The van der Waals surface area contributed by atoms with E-state index in [1.807, 2.05) is 42.5 Å². The van der Waals surface area contributed by atoms with Crippen molar-refractivity contribution in [3.05, 3.63) is 113 Å². The lowest BCUT2D eigenvalue weighted by Crippen LogP contribution is -2.22. The van der Waals surface area contributed by atoms with Crippen LogP contribution in [0.2, 0.25) is 0 Å². The first-order chi connectivity index (χ1) is 18.1. The first kappa shape index (κ1) is 22.6. The molecule has 2 heterocycles. The van der Waals surface area contributed by atoms with E-state index in [0.717, 1.165) is 22.8 Å². The third kappa shape index (κ3) is 3.74. The van der Waals surface area contributed by atoms with Gasteiger partial charge in [0.2, 0.25) is 0 Å². The molecule has 0 bridgehead atoms. The Morgan fingerprint density at radius 3 is 2.22 bits per heavy atom. The van der Waals surface area contributed by atoms with Gasteiger partial charge in [0, 0.05) is 56.7 Å². The summed E-state index contributed by atoms with van der Waals surface area (Å²) in [5.41, 5.74) is 3.87. The van der Waals surface area contributed by atoms with Crippen molar-refractivity contribution in [2.75, 3.05) is 12.4 Å². The number of nitrogens with zero attached hydrogens (tertiary/aromatic N) is 2. The summed E-state index contributed by atoms with van der Waals surface area (Å²) in [6.45, 7) is 2.99.